The number of para-hydroxylation sites is 1. The third kappa shape index (κ3) is 5.57. The molecule has 0 atom stereocenters. The van der Waals surface area contributed by atoms with Crippen molar-refractivity contribution in [3.63, 3.8) is 0 Å². The monoisotopic (exact) mass is 487 g/mol. The summed E-state index contributed by atoms with van der Waals surface area (Å²) < 4.78 is 37.6. The molecule has 1 aromatic heterocycles. The molecule has 158 valence electrons. The van der Waals surface area contributed by atoms with Crippen LogP contribution in [0, 0.1) is 0 Å². The molecule has 0 saturated heterocycles. The number of halogens is 2. The Labute approximate surface area is 186 Å². The number of sulfonamides is 1. The summed E-state index contributed by atoms with van der Waals surface area (Å²) in [6, 6.07) is 13.9. The molecule has 0 unspecified atom stereocenters. The van der Waals surface area contributed by atoms with Crippen LogP contribution in [0.3, 0.4) is 0 Å². The number of carbonyl (C=O) groups is 1. The highest BCUT2D eigenvalue weighted by atomic mass is 35.5. The molecule has 3 aromatic rings. The van der Waals surface area contributed by atoms with Gasteiger partial charge < -0.3 is 14.6 Å². The van der Waals surface area contributed by atoms with E-state index in [1.807, 2.05) is 18.2 Å². The predicted octanol–water partition coefficient (Wildman–Crippen LogP) is 4.80. The van der Waals surface area contributed by atoms with Crippen LogP contribution in [0.4, 0.5) is 5.69 Å². The Bertz CT molecular complexity index is 1130. The first-order valence-corrected chi connectivity index (χ1v) is 11.5. The van der Waals surface area contributed by atoms with Crippen molar-refractivity contribution >= 4 is 56.2 Å². The highest BCUT2D eigenvalue weighted by Gasteiger charge is 2.21. The van der Waals surface area contributed by atoms with E-state index in [2.05, 4.69) is 4.72 Å². The SMILES string of the molecule is O=C(OCCOc1ccccc1)c1ccc(NS(=O)(=O)c2cc(Cl)c(Cl)s2)cc1O. The first-order valence-electron chi connectivity index (χ1n) is 8.42. The highest BCUT2D eigenvalue weighted by Crippen LogP contribution is 2.35. The van der Waals surface area contributed by atoms with E-state index in [0.29, 0.717) is 5.75 Å². The Kier molecular flexibility index (Phi) is 7.09. The molecule has 0 aliphatic carbocycles. The summed E-state index contributed by atoms with van der Waals surface area (Å²) in [7, 11) is -3.95. The number of nitrogens with one attached hydrogen (secondary N) is 1. The highest BCUT2D eigenvalue weighted by molar-refractivity contribution is 7.94. The lowest BCUT2D eigenvalue weighted by molar-refractivity contribution is 0.0447. The normalized spacial score (nSPS) is 11.1. The zero-order valence-electron chi connectivity index (χ0n) is 15.2. The van der Waals surface area contributed by atoms with Crippen molar-refractivity contribution < 1.29 is 27.8 Å². The lowest BCUT2D eigenvalue weighted by Crippen LogP contribution is -2.13. The van der Waals surface area contributed by atoms with Crippen molar-refractivity contribution in [1.29, 1.82) is 0 Å². The minimum Gasteiger partial charge on any atom is -0.507 e. The fraction of sp³-hybridized carbons (Fsp3) is 0.105. The topological polar surface area (TPSA) is 102 Å². The second kappa shape index (κ2) is 9.57. The van der Waals surface area contributed by atoms with Gasteiger partial charge in [0.2, 0.25) is 0 Å². The van der Waals surface area contributed by atoms with E-state index in [1.54, 1.807) is 12.1 Å². The minimum absolute atomic E-state index is 0.0263. The average molecular weight is 488 g/mol. The molecule has 7 nitrogen and oxygen atoms in total. The quantitative estimate of drug-likeness (QED) is 0.349. The van der Waals surface area contributed by atoms with Crippen molar-refractivity contribution in [2.75, 3.05) is 17.9 Å². The number of aromatic hydroxyl groups is 1. The summed E-state index contributed by atoms with van der Waals surface area (Å²) in [5.74, 6) is -0.567. The molecular formula is C19H15Cl2NO6S2. The molecule has 0 amide bonds. The molecule has 2 aromatic carbocycles. The van der Waals surface area contributed by atoms with Gasteiger partial charge in [0.1, 0.15) is 38.8 Å². The van der Waals surface area contributed by atoms with Gasteiger partial charge in [0, 0.05) is 6.07 Å². The fourth-order valence-corrected chi connectivity index (χ4v) is 5.25. The van der Waals surface area contributed by atoms with Gasteiger partial charge in [0.05, 0.1) is 10.7 Å². The molecule has 0 radical (unpaired) electrons. The molecule has 2 N–H and O–H groups in total. The Morgan fingerprint density at radius 2 is 1.80 bits per heavy atom. The van der Waals surface area contributed by atoms with Crippen LogP contribution in [0.15, 0.2) is 58.8 Å². The standard InChI is InChI=1S/C19H15Cl2NO6S2/c20-15-11-17(29-18(15)21)30(25,26)22-12-6-7-14(16(23)10-12)19(24)28-9-8-27-13-4-2-1-3-5-13/h1-7,10-11,22-23H,8-9H2. The summed E-state index contributed by atoms with van der Waals surface area (Å²) in [5.41, 5.74) is -0.0584. The average Bonchev–Trinajstić information content (AvgIpc) is 3.05. The van der Waals surface area contributed by atoms with E-state index in [0.717, 1.165) is 17.4 Å². The Morgan fingerprint density at radius 1 is 1.07 bits per heavy atom. The number of thiophene rings is 1. The van der Waals surface area contributed by atoms with E-state index in [-0.39, 0.29) is 38.0 Å². The van der Waals surface area contributed by atoms with Crippen LogP contribution < -0.4 is 9.46 Å². The maximum absolute atomic E-state index is 12.4. The third-order valence-electron chi connectivity index (χ3n) is 3.69. The number of esters is 1. The van der Waals surface area contributed by atoms with Crippen LogP contribution in [0.5, 0.6) is 11.5 Å². The largest absolute Gasteiger partial charge is 0.507 e. The number of phenolic OH excluding ortho intramolecular Hbond substituents is 1. The van der Waals surface area contributed by atoms with E-state index in [4.69, 9.17) is 32.7 Å². The molecule has 0 fully saturated rings. The molecule has 3 rings (SSSR count). The summed E-state index contributed by atoms with van der Waals surface area (Å²) in [4.78, 5) is 12.1. The van der Waals surface area contributed by atoms with Crippen LogP contribution in [0.25, 0.3) is 0 Å². The van der Waals surface area contributed by atoms with E-state index in [1.165, 1.54) is 18.2 Å². The summed E-state index contributed by atoms with van der Waals surface area (Å²) in [5, 5.41) is 10.2. The van der Waals surface area contributed by atoms with Gasteiger partial charge in [-0.05, 0) is 30.3 Å². The smallest absolute Gasteiger partial charge is 0.342 e. The molecule has 0 aliphatic heterocycles. The fourth-order valence-electron chi connectivity index (χ4n) is 2.32. The van der Waals surface area contributed by atoms with Gasteiger partial charge in [-0.3, -0.25) is 4.72 Å². The number of anilines is 1. The van der Waals surface area contributed by atoms with Crippen LogP contribution in [-0.2, 0) is 14.8 Å². The molecule has 11 heteroatoms. The van der Waals surface area contributed by atoms with Crippen molar-refractivity contribution in [1.82, 2.24) is 0 Å². The molecule has 0 aliphatic rings. The second-order valence-electron chi connectivity index (χ2n) is 5.82. The lowest BCUT2D eigenvalue weighted by atomic mass is 10.2. The summed E-state index contributed by atoms with van der Waals surface area (Å²) in [6.07, 6.45) is 0. The van der Waals surface area contributed by atoms with Gasteiger partial charge in [-0.2, -0.15) is 0 Å². The van der Waals surface area contributed by atoms with Crippen LogP contribution in [-0.4, -0.2) is 32.7 Å². The first-order chi connectivity index (χ1) is 14.3. The number of carbonyl (C=O) groups excluding carboxylic acids is 1. The lowest BCUT2D eigenvalue weighted by Gasteiger charge is -2.10. The zero-order valence-corrected chi connectivity index (χ0v) is 18.3. The van der Waals surface area contributed by atoms with Crippen molar-refractivity contribution in [3.05, 3.63) is 69.5 Å². The van der Waals surface area contributed by atoms with Gasteiger partial charge in [0.25, 0.3) is 10.0 Å². The summed E-state index contributed by atoms with van der Waals surface area (Å²) in [6.45, 7) is 0.113. The van der Waals surface area contributed by atoms with Gasteiger partial charge in [-0.15, -0.1) is 11.3 Å². The number of rotatable bonds is 8. The Hall–Kier alpha value is -2.46. The number of benzene rings is 2. The van der Waals surface area contributed by atoms with Crippen molar-refractivity contribution in [2.45, 2.75) is 4.21 Å². The summed E-state index contributed by atoms with van der Waals surface area (Å²) >= 11 is 12.4. The molecule has 30 heavy (non-hydrogen) atoms. The molecule has 0 saturated carbocycles. The number of hydrogen-bond donors (Lipinski definition) is 2. The third-order valence-corrected chi connectivity index (χ3v) is 7.41. The Balaban J connectivity index is 1.59. The maximum atomic E-state index is 12.4. The van der Waals surface area contributed by atoms with E-state index < -0.39 is 21.7 Å². The molecule has 0 bridgehead atoms. The maximum Gasteiger partial charge on any atom is 0.342 e. The van der Waals surface area contributed by atoms with E-state index >= 15 is 0 Å². The minimum atomic E-state index is -3.95. The van der Waals surface area contributed by atoms with Crippen LogP contribution in [0.1, 0.15) is 10.4 Å². The van der Waals surface area contributed by atoms with Crippen LogP contribution >= 0.6 is 34.5 Å². The Morgan fingerprint density at radius 3 is 2.43 bits per heavy atom. The molecule has 0 spiro atoms. The zero-order chi connectivity index (χ0) is 21.7. The van der Waals surface area contributed by atoms with Crippen molar-refractivity contribution in [2.24, 2.45) is 0 Å². The van der Waals surface area contributed by atoms with Crippen LogP contribution in [0.2, 0.25) is 9.36 Å². The number of ether oxygens (including phenoxy) is 2. The second-order valence-corrected chi connectivity index (χ2v) is 9.79. The van der Waals surface area contributed by atoms with Gasteiger partial charge in [-0.25, -0.2) is 13.2 Å². The number of phenols is 1. The van der Waals surface area contributed by atoms with Crippen molar-refractivity contribution in [3.8, 4) is 11.5 Å². The predicted molar refractivity (Wildman–Crippen MR) is 115 cm³/mol. The number of hydrogen-bond acceptors (Lipinski definition) is 7. The van der Waals surface area contributed by atoms with Gasteiger partial charge >= 0.3 is 5.97 Å². The van der Waals surface area contributed by atoms with Gasteiger partial charge in [0.15, 0.2) is 0 Å². The van der Waals surface area contributed by atoms with Gasteiger partial charge in [-0.1, -0.05) is 41.4 Å². The molecule has 1 heterocycles. The van der Waals surface area contributed by atoms with E-state index in [9.17, 15) is 18.3 Å². The first kappa shape index (κ1) is 22.2. The molecular weight excluding hydrogens is 473 g/mol.